The maximum absolute atomic E-state index is 5.66. The van der Waals surface area contributed by atoms with Crippen LogP contribution in [0.3, 0.4) is 0 Å². The Hall–Kier alpha value is -2.04. The highest BCUT2D eigenvalue weighted by Crippen LogP contribution is 2.17. The van der Waals surface area contributed by atoms with E-state index in [0.29, 0.717) is 12.5 Å². The molecule has 0 aliphatic carbocycles. The summed E-state index contributed by atoms with van der Waals surface area (Å²) in [6.45, 7) is 3.44. The van der Waals surface area contributed by atoms with Gasteiger partial charge in [-0.2, -0.15) is 5.10 Å². The molecule has 0 amide bonds. The van der Waals surface area contributed by atoms with Crippen LogP contribution in [0.4, 0.5) is 0 Å². The SMILES string of the molecule is CCCn1cc(OCc2cccnc2OC)cn1. The predicted octanol–water partition coefficient (Wildman–Crippen LogP) is 2.28. The van der Waals surface area contributed by atoms with Gasteiger partial charge in [0.1, 0.15) is 6.61 Å². The Balaban J connectivity index is 1.97. The van der Waals surface area contributed by atoms with Crippen LogP contribution in [-0.4, -0.2) is 21.9 Å². The first kappa shape index (κ1) is 12.4. The van der Waals surface area contributed by atoms with Gasteiger partial charge in [-0.1, -0.05) is 6.92 Å². The number of aryl methyl sites for hydroxylation is 1. The molecule has 0 saturated heterocycles. The van der Waals surface area contributed by atoms with E-state index in [1.54, 1.807) is 19.5 Å². The molecule has 2 aromatic heterocycles. The van der Waals surface area contributed by atoms with Gasteiger partial charge in [-0.15, -0.1) is 0 Å². The lowest BCUT2D eigenvalue weighted by atomic mass is 10.3. The van der Waals surface area contributed by atoms with Crippen LogP contribution in [0.1, 0.15) is 18.9 Å². The Kier molecular flexibility index (Phi) is 4.17. The molecule has 5 nitrogen and oxygen atoms in total. The maximum atomic E-state index is 5.66. The topological polar surface area (TPSA) is 49.2 Å². The molecule has 0 radical (unpaired) electrons. The largest absolute Gasteiger partial charge is 0.485 e. The zero-order chi connectivity index (χ0) is 12.8. The molecular weight excluding hydrogens is 230 g/mol. The van der Waals surface area contributed by atoms with Gasteiger partial charge in [0.25, 0.3) is 0 Å². The van der Waals surface area contributed by atoms with Gasteiger partial charge in [-0.25, -0.2) is 4.98 Å². The third-order valence-electron chi connectivity index (χ3n) is 2.50. The number of hydrogen-bond acceptors (Lipinski definition) is 4. The van der Waals surface area contributed by atoms with Crippen molar-refractivity contribution in [3.63, 3.8) is 0 Å². The molecule has 2 aromatic rings. The summed E-state index contributed by atoms with van der Waals surface area (Å²) in [6.07, 6.45) is 6.37. The molecule has 0 bridgehead atoms. The Morgan fingerprint density at radius 3 is 3.06 bits per heavy atom. The zero-order valence-corrected chi connectivity index (χ0v) is 10.7. The second-order valence-electron chi connectivity index (χ2n) is 3.90. The van der Waals surface area contributed by atoms with Crippen molar-refractivity contribution in [1.82, 2.24) is 14.8 Å². The highest BCUT2D eigenvalue weighted by atomic mass is 16.5. The normalized spacial score (nSPS) is 10.3. The molecular formula is C13H17N3O2. The minimum absolute atomic E-state index is 0.425. The number of methoxy groups -OCH3 is 1. The van der Waals surface area contributed by atoms with Crippen molar-refractivity contribution in [2.24, 2.45) is 0 Å². The zero-order valence-electron chi connectivity index (χ0n) is 10.7. The quantitative estimate of drug-likeness (QED) is 0.785. The monoisotopic (exact) mass is 247 g/mol. The van der Waals surface area contributed by atoms with Gasteiger partial charge in [0.15, 0.2) is 5.75 Å². The summed E-state index contributed by atoms with van der Waals surface area (Å²) in [6, 6.07) is 3.80. The van der Waals surface area contributed by atoms with E-state index in [0.717, 1.165) is 24.3 Å². The maximum Gasteiger partial charge on any atom is 0.219 e. The third-order valence-corrected chi connectivity index (χ3v) is 2.50. The lowest BCUT2D eigenvalue weighted by Gasteiger charge is -2.07. The molecule has 0 saturated carbocycles. The summed E-state index contributed by atoms with van der Waals surface area (Å²) in [5.74, 6) is 1.35. The lowest BCUT2D eigenvalue weighted by Crippen LogP contribution is -2.00. The lowest BCUT2D eigenvalue weighted by molar-refractivity contribution is 0.293. The molecule has 0 N–H and O–H groups in total. The van der Waals surface area contributed by atoms with E-state index in [9.17, 15) is 0 Å². The molecule has 0 unspecified atom stereocenters. The van der Waals surface area contributed by atoms with Gasteiger partial charge in [0, 0.05) is 12.7 Å². The summed E-state index contributed by atoms with van der Waals surface area (Å²) >= 11 is 0. The van der Waals surface area contributed by atoms with E-state index in [4.69, 9.17) is 9.47 Å². The Morgan fingerprint density at radius 2 is 2.28 bits per heavy atom. The van der Waals surface area contributed by atoms with Crippen LogP contribution in [0.2, 0.25) is 0 Å². The van der Waals surface area contributed by atoms with E-state index < -0.39 is 0 Å². The van der Waals surface area contributed by atoms with Crippen LogP contribution in [0.5, 0.6) is 11.6 Å². The molecule has 0 fully saturated rings. The third kappa shape index (κ3) is 3.00. The molecule has 0 atom stereocenters. The predicted molar refractivity (Wildman–Crippen MR) is 67.6 cm³/mol. The van der Waals surface area contributed by atoms with Crippen LogP contribution in [-0.2, 0) is 13.2 Å². The fraction of sp³-hybridized carbons (Fsp3) is 0.385. The van der Waals surface area contributed by atoms with Crippen molar-refractivity contribution in [3.8, 4) is 11.6 Å². The van der Waals surface area contributed by atoms with Crippen molar-refractivity contribution < 1.29 is 9.47 Å². The minimum Gasteiger partial charge on any atom is -0.485 e. The smallest absolute Gasteiger partial charge is 0.219 e. The summed E-state index contributed by atoms with van der Waals surface area (Å²) in [4.78, 5) is 4.12. The van der Waals surface area contributed by atoms with Gasteiger partial charge >= 0.3 is 0 Å². The number of rotatable bonds is 6. The van der Waals surface area contributed by atoms with Crippen LogP contribution in [0.15, 0.2) is 30.7 Å². The second-order valence-corrected chi connectivity index (χ2v) is 3.90. The molecule has 2 heterocycles. The van der Waals surface area contributed by atoms with Crippen molar-refractivity contribution >= 4 is 0 Å². The van der Waals surface area contributed by atoms with E-state index in [1.807, 2.05) is 23.0 Å². The first-order valence-corrected chi connectivity index (χ1v) is 5.96. The standard InChI is InChI=1S/C13H17N3O2/c1-3-7-16-9-12(8-15-16)18-10-11-5-4-6-14-13(11)17-2/h4-6,8-9H,3,7,10H2,1-2H3. The van der Waals surface area contributed by atoms with Crippen molar-refractivity contribution in [1.29, 1.82) is 0 Å². The van der Waals surface area contributed by atoms with Gasteiger partial charge in [0.2, 0.25) is 5.88 Å². The van der Waals surface area contributed by atoms with Gasteiger partial charge in [0.05, 0.1) is 25.1 Å². The number of hydrogen-bond donors (Lipinski definition) is 0. The van der Waals surface area contributed by atoms with Crippen molar-refractivity contribution in [2.45, 2.75) is 26.5 Å². The molecule has 0 aliphatic heterocycles. The highest BCUT2D eigenvalue weighted by molar-refractivity contribution is 5.25. The van der Waals surface area contributed by atoms with E-state index in [2.05, 4.69) is 17.0 Å². The van der Waals surface area contributed by atoms with Crippen LogP contribution in [0, 0.1) is 0 Å². The highest BCUT2D eigenvalue weighted by Gasteiger charge is 2.05. The number of nitrogens with zero attached hydrogens (tertiary/aromatic N) is 3. The van der Waals surface area contributed by atoms with Crippen LogP contribution >= 0.6 is 0 Å². The summed E-state index contributed by atoms with van der Waals surface area (Å²) < 4.78 is 12.7. The summed E-state index contributed by atoms with van der Waals surface area (Å²) in [5.41, 5.74) is 0.920. The number of pyridine rings is 1. The van der Waals surface area contributed by atoms with E-state index >= 15 is 0 Å². The number of aromatic nitrogens is 3. The molecule has 96 valence electrons. The summed E-state index contributed by atoms with van der Waals surface area (Å²) in [5, 5.41) is 4.21. The Bertz CT molecular complexity index is 496. The van der Waals surface area contributed by atoms with E-state index in [1.165, 1.54) is 0 Å². The molecule has 18 heavy (non-hydrogen) atoms. The van der Waals surface area contributed by atoms with Crippen molar-refractivity contribution in [3.05, 3.63) is 36.3 Å². The average Bonchev–Trinajstić information content (AvgIpc) is 2.85. The van der Waals surface area contributed by atoms with Crippen molar-refractivity contribution in [2.75, 3.05) is 7.11 Å². The van der Waals surface area contributed by atoms with Gasteiger partial charge in [-0.3, -0.25) is 4.68 Å². The molecule has 0 aromatic carbocycles. The van der Waals surface area contributed by atoms with E-state index in [-0.39, 0.29) is 0 Å². The summed E-state index contributed by atoms with van der Waals surface area (Å²) in [7, 11) is 1.60. The van der Waals surface area contributed by atoms with Crippen LogP contribution in [0.25, 0.3) is 0 Å². The Labute approximate surface area is 106 Å². The molecule has 2 rings (SSSR count). The second kappa shape index (κ2) is 6.05. The first-order valence-electron chi connectivity index (χ1n) is 5.96. The fourth-order valence-electron chi connectivity index (χ4n) is 1.65. The average molecular weight is 247 g/mol. The molecule has 0 aliphatic rings. The fourth-order valence-corrected chi connectivity index (χ4v) is 1.65. The molecule has 5 heteroatoms. The van der Waals surface area contributed by atoms with Gasteiger partial charge < -0.3 is 9.47 Å². The minimum atomic E-state index is 0.425. The van der Waals surface area contributed by atoms with Gasteiger partial charge in [-0.05, 0) is 18.6 Å². The van der Waals surface area contributed by atoms with Crippen LogP contribution < -0.4 is 9.47 Å². The molecule has 0 spiro atoms. The number of ether oxygens (including phenoxy) is 2. The first-order chi connectivity index (χ1) is 8.83. The Morgan fingerprint density at radius 1 is 1.39 bits per heavy atom.